The van der Waals surface area contributed by atoms with Crippen molar-refractivity contribution in [1.29, 1.82) is 0 Å². The SMILES string of the molecule is COC(=O)C1(C(=O)OC)CCC2(C(=O)N(C)c3ccccc32)N(c2cccc(C)c2)O1. The maximum absolute atomic E-state index is 13.7. The van der Waals surface area contributed by atoms with Crippen molar-refractivity contribution in [2.75, 3.05) is 31.2 Å². The van der Waals surface area contributed by atoms with Gasteiger partial charge in [0.25, 0.3) is 11.5 Å². The number of amides is 1. The van der Waals surface area contributed by atoms with Crippen molar-refractivity contribution >= 4 is 29.2 Å². The number of methoxy groups -OCH3 is 2. The zero-order chi connectivity index (χ0) is 22.4. The summed E-state index contributed by atoms with van der Waals surface area (Å²) >= 11 is 0. The number of nitrogens with zero attached hydrogens (tertiary/aromatic N) is 2. The molecule has 0 radical (unpaired) electrons. The van der Waals surface area contributed by atoms with Crippen LogP contribution in [0.3, 0.4) is 0 Å². The van der Waals surface area contributed by atoms with Gasteiger partial charge in [0.15, 0.2) is 5.54 Å². The minimum Gasteiger partial charge on any atom is -0.466 e. The van der Waals surface area contributed by atoms with E-state index in [1.165, 1.54) is 19.3 Å². The van der Waals surface area contributed by atoms with Crippen LogP contribution in [0.5, 0.6) is 0 Å². The van der Waals surface area contributed by atoms with E-state index in [4.69, 9.17) is 14.3 Å². The van der Waals surface area contributed by atoms with E-state index >= 15 is 0 Å². The van der Waals surface area contributed by atoms with Crippen molar-refractivity contribution in [2.45, 2.75) is 30.9 Å². The number of ether oxygens (including phenoxy) is 2. The summed E-state index contributed by atoms with van der Waals surface area (Å²) in [4.78, 5) is 46.9. The van der Waals surface area contributed by atoms with Gasteiger partial charge in [-0.05, 0) is 37.1 Å². The summed E-state index contributed by atoms with van der Waals surface area (Å²) in [7, 11) is 4.07. The van der Waals surface area contributed by atoms with Gasteiger partial charge >= 0.3 is 11.9 Å². The molecular weight excluding hydrogens is 400 g/mol. The molecule has 0 N–H and O–H groups in total. The number of fused-ring (bicyclic) bond motifs is 2. The Morgan fingerprint density at radius 1 is 1.00 bits per heavy atom. The molecule has 1 atom stereocenters. The Bertz CT molecular complexity index is 1050. The molecule has 1 saturated heterocycles. The maximum atomic E-state index is 13.7. The fraction of sp³-hybridized carbons (Fsp3) is 0.348. The molecule has 0 bridgehead atoms. The summed E-state index contributed by atoms with van der Waals surface area (Å²) in [6, 6.07) is 14.8. The number of rotatable bonds is 3. The number of esters is 2. The van der Waals surface area contributed by atoms with Gasteiger partial charge in [0.2, 0.25) is 0 Å². The zero-order valence-corrected chi connectivity index (χ0v) is 17.9. The summed E-state index contributed by atoms with van der Waals surface area (Å²) in [6.45, 7) is 1.91. The molecule has 1 spiro atoms. The van der Waals surface area contributed by atoms with Crippen LogP contribution in [0.15, 0.2) is 48.5 Å². The lowest BCUT2D eigenvalue weighted by molar-refractivity contribution is -0.204. The second-order valence-corrected chi connectivity index (χ2v) is 7.78. The number of benzene rings is 2. The molecule has 0 aliphatic carbocycles. The van der Waals surface area contributed by atoms with Crippen LogP contribution in [-0.4, -0.2) is 44.7 Å². The first-order valence-electron chi connectivity index (χ1n) is 9.92. The lowest BCUT2D eigenvalue weighted by Gasteiger charge is -2.48. The number of para-hydroxylation sites is 1. The van der Waals surface area contributed by atoms with Crippen molar-refractivity contribution in [3.05, 3.63) is 59.7 Å². The van der Waals surface area contributed by atoms with E-state index in [0.29, 0.717) is 5.69 Å². The summed E-state index contributed by atoms with van der Waals surface area (Å²) in [5, 5.41) is 1.39. The van der Waals surface area contributed by atoms with E-state index in [-0.39, 0.29) is 18.7 Å². The predicted molar refractivity (Wildman–Crippen MR) is 112 cm³/mol. The first-order valence-corrected chi connectivity index (χ1v) is 9.92. The average molecular weight is 424 g/mol. The highest BCUT2D eigenvalue weighted by Crippen LogP contribution is 2.52. The second-order valence-electron chi connectivity index (χ2n) is 7.78. The Labute approximate surface area is 180 Å². The molecule has 8 heteroatoms. The van der Waals surface area contributed by atoms with Gasteiger partial charge in [-0.1, -0.05) is 30.3 Å². The Hall–Kier alpha value is -3.39. The molecule has 1 amide bonds. The fourth-order valence-electron chi connectivity index (χ4n) is 4.51. The van der Waals surface area contributed by atoms with E-state index in [2.05, 4.69) is 0 Å². The van der Waals surface area contributed by atoms with E-state index in [1.807, 2.05) is 49.4 Å². The van der Waals surface area contributed by atoms with E-state index in [1.54, 1.807) is 18.0 Å². The van der Waals surface area contributed by atoms with Gasteiger partial charge in [0.05, 0.1) is 19.9 Å². The third-order valence-corrected chi connectivity index (χ3v) is 6.07. The number of likely N-dealkylation sites (N-methyl/N-ethyl adjacent to an activating group) is 1. The van der Waals surface area contributed by atoms with Gasteiger partial charge in [-0.15, -0.1) is 0 Å². The molecule has 2 aliphatic heterocycles. The van der Waals surface area contributed by atoms with Crippen LogP contribution in [0, 0.1) is 6.92 Å². The van der Waals surface area contributed by atoms with Gasteiger partial charge < -0.3 is 14.4 Å². The molecule has 162 valence electrons. The molecule has 0 aromatic heterocycles. The first kappa shape index (κ1) is 20.9. The molecule has 2 aliphatic rings. The monoisotopic (exact) mass is 424 g/mol. The molecule has 1 fully saturated rings. The van der Waals surface area contributed by atoms with Gasteiger partial charge in [-0.25, -0.2) is 19.5 Å². The van der Waals surface area contributed by atoms with Crippen molar-refractivity contribution < 1.29 is 28.7 Å². The van der Waals surface area contributed by atoms with Crippen LogP contribution in [-0.2, 0) is 34.2 Å². The highest BCUT2D eigenvalue weighted by molar-refractivity contribution is 6.10. The van der Waals surface area contributed by atoms with Crippen molar-refractivity contribution in [1.82, 2.24) is 0 Å². The van der Waals surface area contributed by atoms with Gasteiger partial charge in [0.1, 0.15) is 0 Å². The quantitative estimate of drug-likeness (QED) is 0.553. The van der Waals surface area contributed by atoms with E-state index < -0.39 is 23.1 Å². The van der Waals surface area contributed by atoms with Crippen molar-refractivity contribution in [3.8, 4) is 0 Å². The summed E-state index contributed by atoms with van der Waals surface area (Å²) in [5.41, 5.74) is -0.310. The van der Waals surface area contributed by atoms with Gasteiger partial charge in [-0.2, -0.15) is 0 Å². The van der Waals surface area contributed by atoms with Crippen LogP contribution in [0.2, 0.25) is 0 Å². The molecule has 1 unspecified atom stereocenters. The summed E-state index contributed by atoms with van der Waals surface area (Å²) < 4.78 is 9.81. The average Bonchev–Trinajstić information content (AvgIpc) is 3.01. The number of carbonyl (C=O) groups excluding carboxylic acids is 3. The van der Waals surface area contributed by atoms with E-state index in [0.717, 1.165) is 16.8 Å². The molecule has 4 rings (SSSR count). The second kappa shape index (κ2) is 7.39. The Morgan fingerprint density at radius 3 is 2.32 bits per heavy atom. The highest BCUT2D eigenvalue weighted by atomic mass is 16.7. The number of carbonyl (C=O) groups is 3. The maximum Gasteiger partial charge on any atom is 0.352 e. The lowest BCUT2D eigenvalue weighted by Crippen LogP contribution is -2.65. The third kappa shape index (κ3) is 2.82. The molecule has 2 aromatic rings. The summed E-state index contributed by atoms with van der Waals surface area (Å²) in [6.07, 6.45) is 0.0634. The Balaban J connectivity index is 1.95. The zero-order valence-electron chi connectivity index (χ0n) is 17.9. The number of anilines is 2. The molecule has 0 saturated carbocycles. The lowest BCUT2D eigenvalue weighted by atomic mass is 9.80. The fourth-order valence-corrected chi connectivity index (χ4v) is 4.51. The molecule has 2 heterocycles. The number of hydroxylamine groups is 1. The van der Waals surface area contributed by atoms with E-state index in [9.17, 15) is 14.4 Å². The standard InChI is InChI=1S/C23H24N2O6/c1-15-8-7-9-16(14-15)25-22(17-10-5-6-11-18(17)24(2)19(22)26)12-13-23(31-25,20(27)29-3)21(28)30-4/h5-11,14H,12-13H2,1-4H3. The molecule has 31 heavy (non-hydrogen) atoms. The Morgan fingerprint density at radius 2 is 1.68 bits per heavy atom. The number of hydrogen-bond donors (Lipinski definition) is 0. The largest absolute Gasteiger partial charge is 0.466 e. The van der Waals surface area contributed by atoms with Crippen molar-refractivity contribution in [2.24, 2.45) is 0 Å². The number of aryl methyl sites for hydroxylation is 1. The Kier molecular flexibility index (Phi) is 4.97. The normalized spacial score (nSPS) is 21.7. The minimum absolute atomic E-state index is 0.0808. The smallest absolute Gasteiger partial charge is 0.352 e. The van der Waals surface area contributed by atoms with Crippen LogP contribution in [0.4, 0.5) is 11.4 Å². The van der Waals surface area contributed by atoms with Gasteiger partial charge in [0, 0.05) is 24.7 Å². The highest BCUT2D eigenvalue weighted by Gasteiger charge is 2.65. The predicted octanol–water partition coefficient (Wildman–Crippen LogP) is 2.48. The van der Waals surface area contributed by atoms with Crippen LogP contribution in [0.1, 0.15) is 24.0 Å². The van der Waals surface area contributed by atoms with Crippen molar-refractivity contribution in [3.63, 3.8) is 0 Å². The summed E-state index contributed by atoms with van der Waals surface area (Å²) in [5.74, 6) is -1.96. The first-order chi connectivity index (χ1) is 14.8. The molecule has 8 nitrogen and oxygen atoms in total. The van der Waals surface area contributed by atoms with Crippen LogP contribution >= 0.6 is 0 Å². The topological polar surface area (TPSA) is 85.4 Å². The minimum atomic E-state index is -2.02. The third-order valence-electron chi connectivity index (χ3n) is 6.07. The molecular formula is C23H24N2O6. The van der Waals surface area contributed by atoms with Crippen LogP contribution in [0.25, 0.3) is 0 Å². The van der Waals surface area contributed by atoms with Crippen LogP contribution < -0.4 is 9.96 Å². The van der Waals surface area contributed by atoms with Gasteiger partial charge in [-0.3, -0.25) is 4.79 Å². The molecule has 2 aromatic carbocycles. The number of hydrogen-bond acceptors (Lipinski definition) is 7.